The topological polar surface area (TPSA) is 178 Å². The van der Waals surface area contributed by atoms with Gasteiger partial charge in [0.15, 0.2) is 16.9 Å². The summed E-state index contributed by atoms with van der Waals surface area (Å²) in [5, 5.41) is 16.0. The number of β-lactam (4-membered cyclic amide) rings is 1. The molecule has 3 N–H and O–H groups in total. The van der Waals surface area contributed by atoms with Gasteiger partial charge in [0.25, 0.3) is 11.8 Å². The third kappa shape index (κ3) is 14.6. The number of aromatic nitrogens is 1. The van der Waals surface area contributed by atoms with Gasteiger partial charge in [0.1, 0.15) is 38.3 Å². The van der Waals surface area contributed by atoms with E-state index >= 15 is 14.4 Å². The van der Waals surface area contributed by atoms with E-state index in [9.17, 15) is 9.59 Å². The molecule has 2 aliphatic heterocycles. The van der Waals surface area contributed by atoms with Crippen LogP contribution in [0.25, 0.3) is 9.40 Å². The van der Waals surface area contributed by atoms with Crippen molar-refractivity contribution in [2.45, 2.75) is 65.0 Å². The molecule has 8 aromatic carbocycles. The van der Waals surface area contributed by atoms with Crippen molar-refractivity contribution in [1.82, 2.24) is 20.5 Å². The summed E-state index contributed by atoms with van der Waals surface area (Å²) in [5.74, 6) is -1.29. The highest BCUT2D eigenvalue weighted by Gasteiger charge is 2.56. The zero-order valence-electron chi connectivity index (χ0n) is 53.7. The molecular formula is C78H65ClN6O8S6. The fraction of sp³-hybridized carbons (Fsp3) is 0.167. The molecule has 21 heteroatoms. The van der Waals surface area contributed by atoms with Crippen molar-refractivity contribution >= 4 is 125 Å². The number of alkyl carbamates (subject to hydrolysis) is 1. The van der Waals surface area contributed by atoms with Crippen molar-refractivity contribution in [3.63, 3.8) is 0 Å². The summed E-state index contributed by atoms with van der Waals surface area (Å²) in [6.07, 6.45) is -1.43. The summed E-state index contributed by atoms with van der Waals surface area (Å²) in [5.41, 5.74) is 2.99. The number of nitrogens with zero attached hydrogens (tertiary/aromatic N) is 3. The van der Waals surface area contributed by atoms with Crippen LogP contribution in [0.2, 0.25) is 4.34 Å². The summed E-state index contributed by atoms with van der Waals surface area (Å²) < 4.78 is 14.2. The summed E-state index contributed by atoms with van der Waals surface area (Å²) in [6, 6.07) is 78.2. The number of hydrogen-bond acceptors (Lipinski definition) is 17. The zero-order valence-corrected chi connectivity index (χ0v) is 59.4. The van der Waals surface area contributed by atoms with Gasteiger partial charge in [-0.25, -0.2) is 14.6 Å². The maximum Gasteiger partial charge on any atom is 0.407 e. The minimum absolute atomic E-state index is 0.0195. The van der Waals surface area contributed by atoms with E-state index in [0.29, 0.717) is 64.6 Å². The third-order valence-electron chi connectivity index (χ3n) is 16.5. The SMILES string of the molecule is CC(C)(C)OC(=O)NCCSCc1c(SC2=C(C(=O)OC(c3ccccc3)c3ccccc3)N3C(=O)C(NC(=O)/C(=N\OC(c4ccccc4)(c4ccccc4)c4ccccc4)c4nc(NC(c5ccccc5)(c5ccccc5)c5ccccc5)sc4Cl)[C@H]3SC2)sc2ccsc2c1=O. The average Bonchev–Trinajstić information content (AvgIpc) is 1.45. The molecule has 0 spiro atoms. The van der Waals surface area contributed by atoms with Gasteiger partial charge in [0.2, 0.25) is 11.0 Å². The fourth-order valence-corrected chi connectivity index (χ4v) is 19.2. The van der Waals surface area contributed by atoms with Crippen LogP contribution in [0.3, 0.4) is 0 Å². The van der Waals surface area contributed by atoms with Gasteiger partial charge in [-0.2, -0.15) is 11.8 Å². The molecule has 5 heterocycles. The number of thiazole rings is 1. The first-order valence-electron chi connectivity index (χ1n) is 31.8. The summed E-state index contributed by atoms with van der Waals surface area (Å²) in [4.78, 5) is 88.4. The quantitative estimate of drug-likeness (QED) is 0.0130. The van der Waals surface area contributed by atoms with Crippen LogP contribution in [0.4, 0.5) is 9.93 Å². The molecule has 0 radical (unpaired) electrons. The van der Waals surface area contributed by atoms with Gasteiger partial charge < -0.3 is 30.3 Å². The normalized spacial score (nSPS) is 14.9. The van der Waals surface area contributed by atoms with Crippen molar-refractivity contribution in [2.24, 2.45) is 5.16 Å². The lowest BCUT2D eigenvalue weighted by Gasteiger charge is -2.49. The van der Waals surface area contributed by atoms with Crippen LogP contribution >= 0.6 is 80.9 Å². The Balaban J connectivity index is 0.894. The van der Waals surface area contributed by atoms with E-state index in [1.807, 2.05) is 254 Å². The third-order valence-corrected chi connectivity index (χ3v) is 23.7. The Hall–Kier alpha value is -9.25. The van der Waals surface area contributed by atoms with Gasteiger partial charge in [-0.1, -0.05) is 283 Å². The van der Waals surface area contributed by atoms with Crippen LogP contribution < -0.4 is 21.4 Å². The predicted octanol–water partition coefficient (Wildman–Crippen LogP) is 17.0. The molecule has 1 saturated heterocycles. The van der Waals surface area contributed by atoms with Crippen molar-refractivity contribution in [1.29, 1.82) is 0 Å². The zero-order chi connectivity index (χ0) is 68.5. The minimum atomic E-state index is -1.48. The Kier molecular flexibility index (Phi) is 21.0. The number of carbonyl (C=O) groups excluding carboxylic acids is 4. The number of hydrogen-bond donors (Lipinski definition) is 3. The van der Waals surface area contributed by atoms with Gasteiger partial charge in [0.05, 0.1) is 13.6 Å². The van der Waals surface area contributed by atoms with E-state index in [4.69, 9.17) is 36.1 Å². The molecule has 498 valence electrons. The second-order valence-electron chi connectivity index (χ2n) is 24.1. The van der Waals surface area contributed by atoms with Crippen LogP contribution in [0.5, 0.6) is 0 Å². The monoisotopic (exact) mass is 1440 g/mol. The summed E-state index contributed by atoms with van der Waals surface area (Å²) >= 11 is 15.5. The van der Waals surface area contributed by atoms with Gasteiger partial charge >= 0.3 is 12.1 Å². The highest BCUT2D eigenvalue weighted by Crippen LogP contribution is 2.50. The van der Waals surface area contributed by atoms with Gasteiger partial charge in [0, 0.05) is 51.0 Å². The van der Waals surface area contributed by atoms with E-state index < -0.39 is 58.1 Å². The lowest BCUT2D eigenvalue weighted by atomic mass is 9.77. The first kappa shape index (κ1) is 68.3. The number of oxime groups is 1. The second-order valence-corrected chi connectivity index (χ2v) is 31.2. The maximum absolute atomic E-state index is 16.0. The molecule has 99 heavy (non-hydrogen) atoms. The number of rotatable bonds is 24. The van der Waals surface area contributed by atoms with Gasteiger partial charge in [-0.3, -0.25) is 19.3 Å². The molecule has 0 saturated carbocycles. The minimum Gasteiger partial charge on any atom is -0.448 e. The number of amides is 3. The molecule has 11 aromatic rings. The number of benzene rings is 8. The summed E-state index contributed by atoms with van der Waals surface area (Å²) in [7, 11) is 0. The first-order valence-corrected chi connectivity index (χ1v) is 37.7. The first-order chi connectivity index (χ1) is 48.2. The fourth-order valence-electron chi connectivity index (χ4n) is 12.0. The molecule has 0 aliphatic carbocycles. The molecule has 0 bridgehead atoms. The standard InChI is InChI=1S/C78H65ClN6O8S6/c1-76(2,3)92-75(90)80-45-47-94-48-58-65(86)67-59(44-46-95-67)97-73(58)98-60-49-96-71-63(70(88)85(71)64(60)72(89)91-66(50-28-12-4-13-29-50)51-30-14-5-15-31-51)81-69(87)62(84-93-78(55-38-22-9-23-39-55,56-40-24-10-25-41-56)57-42-26-11-27-43-57)61-68(79)99-74(82-61)83-77(52-32-16-6-17-33-52,53-34-18-7-19-35-53)54-36-20-8-21-37-54/h4-44,46,63,66,71H,45,47-49H2,1-3H3,(H,80,90)(H,81,87)(H,82,83)/b84-62-/t63?,71-/m1/s1. The molecule has 14 nitrogen and oxygen atoms in total. The van der Waals surface area contributed by atoms with E-state index in [1.54, 1.807) is 20.8 Å². The smallest absolute Gasteiger partial charge is 0.407 e. The van der Waals surface area contributed by atoms with E-state index in [-0.39, 0.29) is 38.4 Å². The predicted molar refractivity (Wildman–Crippen MR) is 402 cm³/mol. The largest absolute Gasteiger partial charge is 0.448 e. The van der Waals surface area contributed by atoms with E-state index in [0.717, 1.165) is 32.7 Å². The lowest BCUT2D eigenvalue weighted by molar-refractivity contribution is -0.154. The highest BCUT2D eigenvalue weighted by atomic mass is 35.5. The number of anilines is 1. The number of ether oxygens (including phenoxy) is 2. The molecule has 2 aliphatic rings. The van der Waals surface area contributed by atoms with E-state index in [2.05, 4.69) is 16.0 Å². The molecule has 2 atom stereocenters. The van der Waals surface area contributed by atoms with Crippen LogP contribution in [0.15, 0.2) is 279 Å². The number of fused-ring (bicyclic) bond motifs is 2. The Morgan fingerprint density at radius 1 is 0.667 bits per heavy atom. The van der Waals surface area contributed by atoms with Crippen LogP contribution in [0, 0.1) is 0 Å². The highest BCUT2D eigenvalue weighted by molar-refractivity contribution is 8.07. The maximum atomic E-state index is 16.0. The van der Waals surface area contributed by atoms with Crippen LogP contribution in [-0.4, -0.2) is 74.5 Å². The second kappa shape index (κ2) is 30.5. The van der Waals surface area contributed by atoms with E-state index in [1.165, 1.54) is 62.9 Å². The number of carbonyl (C=O) groups is 4. The molecule has 1 fully saturated rings. The Morgan fingerprint density at radius 3 is 1.67 bits per heavy atom. The van der Waals surface area contributed by atoms with Crippen LogP contribution in [0.1, 0.15) is 82.6 Å². The van der Waals surface area contributed by atoms with Gasteiger partial charge in [-0.05, 0) is 60.0 Å². The lowest BCUT2D eigenvalue weighted by Crippen LogP contribution is -2.71. The van der Waals surface area contributed by atoms with Crippen molar-refractivity contribution < 1.29 is 33.5 Å². The van der Waals surface area contributed by atoms with Crippen LogP contribution in [-0.2, 0) is 45.6 Å². The Morgan fingerprint density at radius 2 is 1.16 bits per heavy atom. The number of esters is 1. The Labute approximate surface area is 602 Å². The number of thioether (sulfide) groups is 3. The van der Waals surface area contributed by atoms with Crippen molar-refractivity contribution in [2.75, 3.05) is 23.4 Å². The van der Waals surface area contributed by atoms with Crippen molar-refractivity contribution in [3.05, 3.63) is 335 Å². The summed E-state index contributed by atoms with van der Waals surface area (Å²) in [6.45, 7) is 5.68. The van der Waals surface area contributed by atoms with Gasteiger partial charge in [-0.15, -0.1) is 34.4 Å². The molecule has 3 aromatic heterocycles. The molecule has 1 unspecified atom stereocenters. The number of halogens is 1. The molecule has 3 amide bonds. The van der Waals surface area contributed by atoms with Crippen molar-refractivity contribution in [3.8, 4) is 0 Å². The molecular weight excluding hydrogens is 1380 g/mol. The molecule has 13 rings (SSSR count). The average molecular weight is 1440 g/mol. The number of thiophene rings is 1. The number of nitrogens with one attached hydrogen (secondary N) is 3. The Bertz CT molecular complexity index is 4570.